The standard InChI is InChI=1S/C10H14N2O2/c1-7-8(6-13)12-10(11-7)9-4-2-3-5-14-9/h6,9H,2-5H2,1H3,(H,11,12). The van der Waals surface area contributed by atoms with Crippen molar-refractivity contribution < 1.29 is 9.53 Å². The summed E-state index contributed by atoms with van der Waals surface area (Å²) >= 11 is 0. The number of carbonyl (C=O) groups is 1. The minimum absolute atomic E-state index is 0.0520. The van der Waals surface area contributed by atoms with E-state index in [1.165, 1.54) is 6.42 Å². The van der Waals surface area contributed by atoms with E-state index in [-0.39, 0.29) is 6.10 Å². The Morgan fingerprint density at radius 3 is 3.00 bits per heavy atom. The number of carbonyl (C=O) groups excluding carboxylic acids is 1. The summed E-state index contributed by atoms with van der Waals surface area (Å²) < 4.78 is 5.57. The van der Waals surface area contributed by atoms with Gasteiger partial charge in [-0.15, -0.1) is 0 Å². The first-order chi connectivity index (χ1) is 6.81. The zero-order valence-corrected chi connectivity index (χ0v) is 8.25. The van der Waals surface area contributed by atoms with Crippen LogP contribution < -0.4 is 0 Å². The Balaban J connectivity index is 2.18. The van der Waals surface area contributed by atoms with E-state index < -0.39 is 0 Å². The lowest BCUT2D eigenvalue weighted by molar-refractivity contribution is 0.00988. The first-order valence-electron chi connectivity index (χ1n) is 4.94. The number of ether oxygens (including phenoxy) is 1. The number of rotatable bonds is 2. The van der Waals surface area contributed by atoms with Gasteiger partial charge in [-0.1, -0.05) is 0 Å². The van der Waals surface area contributed by atoms with Crippen LogP contribution in [0.15, 0.2) is 0 Å². The molecule has 0 amide bonds. The summed E-state index contributed by atoms with van der Waals surface area (Å²) in [7, 11) is 0. The Hall–Kier alpha value is -1.16. The van der Waals surface area contributed by atoms with Gasteiger partial charge in [0.25, 0.3) is 0 Å². The summed E-state index contributed by atoms with van der Waals surface area (Å²) in [4.78, 5) is 17.9. The molecule has 1 fully saturated rings. The number of imidazole rings is 1. The van der Waals surface area contributed by atoms with Crippen molar-refractivity contribution in [1.29, 1.82) is 0 Å². The van der Waals surface area contributed by atoms with Gasteiger partial charge in [0.05, 0.1) is 0 Å². The molecule has 76 valence electrons. The molecule has 1 atom stereocenters. The lowest BCUT2D eigenvalue weighted by Gasteiger charge is -2.20. The molecular weight excluding hydrogens is 180 g/mol. The van der Waals surface area contributed by atoms with Crippen LogP contribution in [0.2, 0.25) is 0 Å². The van der Waals surface area contributed by atoms with Crippen LogP contribution in [0.5, 0.6) is 0 Å². The van der Waals surface area contributed by atoms with Crippen LogP contribution in [0.25, 0.3) is 0 Å². The number of H-pyrrole nitrogens is 1. The van der Waals surface area contributed by atoms with Gasteiger partial charge in [0.2, 0.25) is 0 Å². The molecule has 2 heterocycles. The molecule has 1 aromatic heterocycles. The van der Waals surface area contributed by atoms with E-state index in [1.54, 1.807) is 0 Å². The zero-order chi connectivity index (χ0) is 9.97. The maximum Gasteiger partial charge on any atom is 0.170 e. The van der Waals surface area contributed by atoms with Gasteiger partial charge in [-0.05, 0) is 26.2 Å². The maximum atomic E-state index is 10.6. The highest BCUT2D eigenvalue weighted by Gasteiger charge is 2.20. The van der Waals surface area contributed by atoms with Crippen molar-refractivity contribution in [1.82, 2.24) is 9.97 Å². The third-order valence-electron chi connectivity index (χ3n) is 2.54. The van der Waals surface area contributed by atoms with Crippen molar-refractivity contribution >= 4 is 6.29 Å². The first kappa shape index (κ1) is 9.40. The van der Waals surface area contributed by atoms with E-state index >= 15 is 0 Å². The number of hydrogen-bond donors (Lipinski definition) is 1. The van der Waals surface area contributed by atoms with Gasteiger partial charge in [-0.2, -0.15) is 0 Å². The smallest absolute Gasteiger partial charge is 0.170 e. The number of aromatic nitrogens is 2. The Morgan fingerprint density at radius 1 is 1.57 bits per heavy atom. The van der Waals surface area contributed by atoms with E-state index in [1.807, 2.05) is 6.92 Å². The molecule has 4 nitrogen and oxygen atoms in total. The van der Waals surface area contributed by atoms with Crippen LogP contribution in [0, 0.1) is 6.92 Å². The molecule has 0 aliphatic carbocycles. The van der Waals surface area contributed by atoms with E-state index in [0.717, 1.165) is 37.3 Å². The second kappa shape index (κ2) is 3.92. The molecule has 1 aliphatic heterocycles. The second-order valence-corrected chi connectivity index (χ2v) is 3.61. The number of aldehydes is 1. The Kier molecular flexibility index (Phi) is 2.63. The number of aryl methyl sites for hydroxylation is 1. The second-order valence-electron chi connectivity index (χ2n) is 3.61. The van der Waals surface area contributed by atoms with E-state index in [0.29, 0.717) is 5.69 Å². The normalized spacial score (nSPS) is 22.2. The summed E-state index contributed by atoms with van der Waals surface area (Å²) in [5, 5.41) is 0. The lowest BCUT2D eigenvalue weighted by Crippen LogP contribution is -2.12. The van der Waals surface area contributed by atoms with Gasteiger partial charge < -0.3 is 9.72 Å². The first-order valence-corrected chi connectivity index (χ1v) is 4.94. The average molecular weight is 194 g/mol. The molecule has 1 aromatic rings. The van der Waals surface area contributed by atoms with Crippen molar-refractivity contribution in [3.63, 3.8) is 0 Å². The number of nitrogens with zero attached hydrogens (tertiary/aromatic N) is 1. The highest BCUT2D eigenvalue weighted by Crippen LogP contribution is 2.26. The predicted molar refractivity (Wildman–Crippen MR) is 51.3 cm³/mol. The average Bonchev–Trinajstić information content (AvgIpc) is 2.61. The highest BCUT2D eigenvalue weighted by atomic mass is 16.5. The van der Waals surface area contributed by atoms with Gasteiger partial charge in [0.1, 0.15) is 17.6 Å². The molecule has 0 spiro atoms. The monoisotopic (exact) mass is 194 g/mol. The molecule has 0 radical (unpaired) electrons. The van der Waals surface area contributed by atoms with E-state index in [9.17, 15) is 4.79 Å². The minimum atomic E-state index is 0.0520. The van der Waals surface area contributed by atoms with E-state index in [4.69, 9.17) is 4.74 Å². The minimum Gasteiger partial charge on any atom is -0.370 e. The molecule has 14 heavy (non-hydrogen) atoms. The summed E-state index contributed by atoms with van der Waals surface area (Å²) in [5.74, 6) is 0.796. The molecule has 0 bridgehead atoms. The summed E-state index contributed by atoms with van der Waals surface area (Å²) in [6.07, 6.45) is 4.11. The Labute approximate surface area is 82.7 Å². The molecule has 2 rings (SSSR count). The van der Waals surface area contributed by atoms with E-state index in [2.05, 4.69) is 9.97 Å². The SMILES string of the molecule is Cc1[nH]c(C2CCCCO2)nc1C=O. The number of nitrogens with one attached hydrogen (secondary N) is 1. The van der Waals surface area contributed by atoms with Crippen molar-refractivity contribution in [3.05, 3.63) is 17.2 Å². The van der Waals surface area contributed by atoms with Crippen LogP contribution in [-0.2, 0) is 4.74 Å². The molecular formula is C10H14N2O2. The van der Waals surface area contributed by atoms with Crippen LogP contribution >= 0.6 is 0 Å². The van der Waals surface area contributed by atoms with Gasteiger partial charge >= 0.3 is 0 Å². The molecule has 1 unspecified atom stereocenters. The fourth-order valence-corrected chi connectivity index (χ4v) is 1.72. The predicted octanol–water partition coefficient (Wildman–Crippen LogP) is 1.77. The largest absolute Gasteiger partial charge is 0.370 e. The van der Waals surface area contributed by atoms with Crippen molar-refractivity contribution in [2.24, 2.45) is 0 Å². The van der Waals surface area contributed by atoms with Crippen LogP contribution in [0.3, 0.4) is 0 Å². The van der Waals surface area contributed by atoms with Gasteiger partial charge in [-0.25, -0.2) is 4.98 Å². The molecule has 1 aliphatic rings. The third-order valence-corrected chi connectivity index (χ3v) is 2.54. The van der Waals surface area contributed by atoms with Gasteiger partial charge in [0, 0.05) is 12.3 Å². The fourth-order valence-electron chi connectivity index (χ4n) is 1.72. The third kappa shape index (κ3) is 1.70. The zero-order valence-electron chi connectivity index (χ0n) is 8.25. The number of hydrogen-bond acceptors (Lipinski definition) is 3. The summed E-state index contributed by atoms with van der Waals surface area (Å²) in [6.45, 7) is 2.64. The van der Waals surface area contributed by atoms with Crippen molar-refractivity contribution in [3.8, 4) is 0 Å². The van der Waals surface area contributed by atoms with Crippen molar-refractivity contribution in [2.75, 3.05) is 6.61 Å². The fraction of sp³-hybridized carbons (Fsp3) is 0.600. The van der Waals surface area contributed by atoms with Crippen LogP contribution in [-0.4, -0.2) is 22.9 Å². The number of aromatic amines is 1. The quantitative estimate of drug-likeness (QED) is 0.730. The van der Waals surface area contributed by atoms with Gasteiger partial charge in [-0.3, -0.25) is 4.79 Å². The Bertz CT molecular complexity index is 327. The molecule has 1 saturated heterocycles. The molecule has 0 aromatic carbocycles. The van der Waals surface area contributed by atoms with Crippen LogP contribution in [0.1, 0.15) is 47.4 Å². The topological polar surface area (TPSA) is 55.0 Å². The Morgan fingerprint density at radius 2 is 2.43 bits per heavy atom. The maximum absolute atomic E-state index is 10.6. The summed E-state index contributed by atoms with van der Waals surface area (Å²) in [6, 6.07) is 0. The molecule has 1 N–H and O–H groups in total. The lowest BCUT2D eigenvalue weighted by atomic mass is 10.1. The highest BCUT2D eigenvalue weighted by molar-refractivity contribution is 5.73. The summed E-state index contributed by atoms with van der Waals surface area (Å²) in [5.41, 5.74) is 1.32. The van der Waals surface area contributed by atoms with Gasteiger partial charge in [0.15, 0.2) is 6.29 Å². The molecule has 0 saturated carbocycles. The molecule has 4 heteroatoms. The van der Waals surface area contributed by atoms with Crippen molar-refractivity contribution in [2.45, 2.75) is 32.3 Å². The van der Waals surface area contributed by atoms with Crippen LogP contribution in [0.4, 0.5) is 0 Å².